The molecule has 0 aliphatic carbocycles. The SMILES string of the molecule is N#Cc1cc(Br)ccc1OCC1CNC(=O)O1. The highest BCUT2D eigenvalue weighted by Crippen LogP contribution is 2.22. The first kappa shape index (κ1) is 11.7. The van der Waals surface area contributed by atoms with Gasteiger partial charge >= 0.3 is 6.09 Å². The van der Waals surface area contributed by atoms with Crippen molar-refractivity contribution in [2.75, 3.05) is 13.2 Å². The van der Waals surface area contributed by atoms with Gasteiger partial charge in [-0.3, -0.25) is 0 Å². The largest absolute Gasteiger partial charge is 0.488 e. The Labute approximate surface area is 106 Å². The fraction of sp³-hybridized carbons (Fsp3) is 0.273. The summed E-state index contributed by atoms with van der Waals surface area (Å²) in [7, 11) is 0. The second-order valence-electron chi connectivity index (χ2n) is 3.47. The topological polar surface area (TPSA) is 71.3 Å². The van der Waals surface area contributed by atoms with Crippen molar-refractivity contribution in [3.8, 4) is 11.8 Å². The van der Waals surface area contributed by atoms with Crippen LogP contribution in [-0.4, -0.2) is 25.3 Å². The number of nitrogens with one attached hydrogen (secondary N) is 1. The highest BCUT2D eigenvalue weighted by Gasteiger charge is 2.23. The van der Waals surface area contributed by atoms with Crippen molar-refractivity contribution in [3.63, 3.8) is 0 Å². The van der Waals surface area contributed by atoms with Crippen LogP contribution in [0, 0.1) is 11.3 Å². The van der Waals surface area contributed by atoms with Crippen LogP contribution < -0.4 is 10.1 Å². The molecule has 1 aliphatic heterocycles. The Morgan fingerprint density at radius 2 is 2.47 bits per heavy atom. The lowest BCUT2D eigenvalue weighted by atomic mass is 10.2. The number of hydrogen-bond donors (Lipinski definition) is 1. The van der Waals surface area contributed by atoms with Gasteiger partial charge in [-0.05, 0) is 18.2 Å². The summed E-state index contributed by atoms with van der Waals surface area (Å²) in [5.41, 5.74) is 0.441. The van der Waals surface area contributed by atoms with Crippen molar-refractivity contribution in [3.05, 3.63) is 28.2 Å². The maximum absolute atomic E-state index is 10.8. The van der Waals surface area contributed by atoms with Crippen molar-refractivity contribution in [1.82, 2.24) is 5.32 Å². The Bertz CT molecular complexity index is 484. The van der Waals surface area contributed by atoms with E-state index in [2.05, 4.69) is 21.2 Å². The molecule has 1 aliphatic rings. The Balaban J connectivity index is 1.99. The summed E-state index contributed by atoms with van der Waals surface area (Å²) in [4.78, 5) is 10.8. The lowest BCUT2D eigenvalue weighted by Gasteiger charge is -2.11. The van der Waals surface area contributed by atoms with Crippen molar-refractivity contribution in [2.24, 2.45) is 0 Å². The fourth-order valence-electron chi connectivity index (χ4n) is 1.42. The molecule has 1 saturated heterocycles. The molecule has 0 saturated carbocycles. The molecule has 17 heavy (non-hydrogen) atoms. The molecule has 1 unspecified atom stereocenters. The van der Waals surface area contributed by atoms with E-state index in [1.54, 1.807) is 18.2 Å². The summed E-state index contributed by atoms with van der Waals surface area (Å²) in [5.74, 6) is 0.485. The Hall–Kier alpha value is -1.74. The van der Waals surface area contributed by atoms with Gasteiger partial charge in [-0.25, -0.2) is 4.79 Å². The predicted molar refractivity (Wildman–Crippen MR) is 62.6 cm³/mol. The minimum atomic E-state index is -0.435. The monoisotopic (exact) mass is 296 g/mol. The highest BCUT2D eigenvalue weighted by molar-refractivity contribution is 9.10. The summed E-state index contributed by atoms with van der Waals surface area (Å²) < 4.78 is 11.2. The minimum Gasteiger partial charge on any atom is -0.488 e. The number of amides is 1. The molecule has 6 heteroatoms. The number of hydrogen-bond acceptors (Lipinski definition) is 4. The molecule has 5 nitrogen and oxygen atoms in total. The zero-order valence-electron chi connectivity index (χ0n) is 8.77. The molecule has 1 N–H and O–H groups in total. The molecule has 1 heterocycles. The first-order valence-corrected chi connectivity index (χ1v) is 5.75. The lowest BCUT2D eigenvalue weighted by molar-refractivity contribution is 0.105. The van der Waals surface area contributed by atoms with Crippen molar-refractivity contribution in [1.29, 1.82) is 5.26 Å². The summed E-state index contributed by atoms with van der Waals surface area (Å²) in [6.45, 7) is 0.659. The molecule has 1 aromatic carbocycles. The number of nitriles is 1. The summed E-state index contributed by atoms with van der Waals surface area (Å²) in [5, 5.41) is 11.5. The van der Waals surface area contributed by atoms with Gasteiger partial charge in [0.2, 0.25) is 0 Å². The first-order valence-electron chi connectivity index (χ1n) is 4.96. The quantitative estimate of drug-likeness (QED) is 0.923. The van der Waals surface area contributed by atoms with Crippen LogP contribution in [0.3, 0.4) is 0 Å². The highest BCUT2D eigenvalue weighted by atomic mass is 79.9. The van der Waals surface area contributed by atoms with Crippen LogP contribution in [0.1, 0.15) is 5.56 Å². The number of nitrogens with zero attached hydrogens (tertiary/aromatic N) is 1. The van der Waals surface area contributed by atoms with Crippen LogP contribution >= 0.6 is 15.9 Å². The molecule has 1 amide bonds. The van der Waals surface area contributed by atoms with E-state index in [9.17, 15) is 4.79 Å². The van der Waals surface area contributed by atoms with E-state index in [-0.39, 0.29) is 12.7 Å². The molecule has 1 aromatic rings. The molecule has 88 valence electrons. The third kappa shape index (κ3) is 2.88. The molecule has 0 bridgehead atoms. The molecule has 1 atom stereocenters. The normalized spacial score (nSPS) is 18.1. The smallest absolute Gasteiger partial charge is 0.407 e. The van der Waals surface area contributed by atoms with Gasteiger partial charge in [0.05, 0.1) is 12.1 Å². The van der Waals surface area contributed by atoms with E-state index >= 15 is 0 Å². The molecular weight excluding hydrogens is 288 g/mol. The maximum atomic E-state index is 10.8. The third-order valence-electron chi connectivity index (χ3n) is 2.23. The number of carbonyl (C=O) groups is 1. The van der Waals surface area contributed by atoms with Crippen LogP contribution in [0.4, 0.5) is 4.79 Å². The van der Waals surface area contributed by atoms with Gasteiger partial charge in [0.25, 0.3) is 0 Å². The van der Waals surface area contributed by atoms with E-state index in [1.807, 2.05) is 6.07 Å². The number of halogens is 1. The maximum Gasteiger partial charge on any atom is 0.407 e. The van der Waals surface area contributed by atoms with Crippen LogP contribution in [0.2, 0.25) is 0 Å². The minimum absolute atomic E-state index is 0.231. The van der Waals surface area contributed by atoms with Gasteiger partial charge in [-0.1, -0.05) is 15.9 Å². The number of benzene rings is 1. The predicted octanol–water partition coefficient (Wildman–Crippen LogP) is 1.81. The van der Waals surface area contributed by atoms with Crippen LogP contribution in [0.25, 0.3) is 0 Å². The summed E-state index contributed by atoms with van der Waals surface area (Å²) >= 11 is 3.28. The molecule has 0 aromatic heterocycles. The van der Waals surface area contributed by atoms with Crippen molar-refractivity contribution >= 4 is 22.0 Å². The van der Waals surface area contributed by atoms with Crippen molar-refractivity contribution < 1.29 is 14.3 Å². The zero-order chi connectivity index (χ0) is 12.3. The van der Waals surface area contributed by atoms with Gasteiger partial charge in [-0.15, -0.1) is 0 Å². The van der Waals surface area contributed by atoms with Gasteiger partial charge in [0.15, 0.2) is 6.10 Å². The van der Waals surface area contributed by atoms with Crippen LogP contribution in [-0.2, 0) is 4.74 Å². The van der Waals surface area contributed by atoms with Gasteiger partial charge in [0.1, 0.15) is 18.4 Å². The molecule has 1 fully saturated rings. The van der Waals surface area contributed by atoms with Crippen LogP contribution in [0.15, 0.2) is 22.7 Å². The van der Waals surface area contributed by atoms with E-state index in [1.165, 1.54) is 0 Å². The second kappa shape index (κ2) is 5.06. The first-order chi connectivity index (χ1) is 8.19. The zero-order valence-corrected chi connectivity index (χ0v) is 10.4. The standard InChI is InChI=1S/C11H9BrN2O3/c12-8-1-2-10(7(3-8)4-13)16-6-9-5-14-11(15)17-9/h1-3,9H,5-6H2,(H,14,15). The van der Waals surface area contributed by atoms with E-state index < -0.39 is 6.09 Å². The average Bonchev–Trinajstić information content (AvgIpc) is 2.73. The number of cyclic esters (lactones) is 1. The van der Waals surface area contributed by atoms with Gasteiger partial charge in [-0.2, -0.15) is 5.26 Å². The third-order valence-corrected chi connectivity index (χ3v) is 2.73. The molecular formula is C11H9BrN2O3. The second-order valence-corrected chi connectivity index (χ2v) is 4.39. The average molecular weight is 297 g/mol. The molecule has 0 spiro atoms. The van der Waals surface area contributed by atoms with Gasteiger partial charge in [0, 0.05) is 4.47 Å². The number of alkyl carbamates (subject to hydrolysis) is 1. The Morgan fingerprint density at radius 3 is 3.12 bits per heavy atom. The molecule has 2 rings (SSSR count). The van der Waals surface area contributed by atoms with E-state index in [0.717, 1.165) is 4.47 Å². The van der Waals surface area contributed by atoms with Crippen molar-refractivity contribution in [2.45, 2.75) is 6.10 Å². The Kier molecular flexibility index (Phi) is 3.49. The summed E-state index contributed by atoms with van der Waals surface area (Å²) in [6.07, 6.45) is -0.743. The van der Waals surface area contributed by atoms with E-state index in [4.69, 9.17) is 14.7 Å². The summed E-state index contributed by atoms with van der Waals surface area (Å²) in [6, 6.07) is 7.21. The number of ether oxygens (including phenoxy) is 2. The van der Waals surface area contributed by atoms with Gasteiger partial charge < -0.3 is 14.8 Å². The number of rotatable bonds is 3. The fourth-order valence-corrected chi connectivity index (χ4v) is 1.78. The van der Waals surface area contributed by atoms with E-state index in [0.29, 0.717) is 17.9 Å². The van der Waals surface area contributed by atoms with Crippen LogP contribution in [0.5, 0.6) is 5.75 Å². The Morgan fingerprint density at radius 1 is 1.65 bits per heavy atom. The lowest BCUT2D eigenvalue weighted by Crippen LogP contribution is -2.22. The number of carbonyl (C=O) groups excluding carboxylic acids is 1. The molecule has 0 radical (unpaired) electrons.